The Labute approximate surface area is 188 Å². The Bertz CT molecular complexity index is 1130. The average molecular weight is 434 g/mol. The van der Waals surface area contributed by atoms with Gasteiger partial charge in [0, 0.05) is 37.3 Å². The van der Waals surface area contributed by atoms with Gasteiger partial charge in [-0.2, -0.15) is 5.10 Å². The summed E-state index contributed by atoms with van der Waals surface area (Å²) in [5.41, 5.74) is 2.39. The predicted octanol–water partition coefficient (Wildman–Crippen LogP) is 4.26. The molecule has 1 fully saturated rings. The highest BCUT2D eigenvalue weighted by molar-refractivity contribution is 5.74. The third-order valence-electron chi connectivity index (χ3n) is 6.64. The van der Waals surface area contributed by atoms with E-state index >= 15 is 0 Å². The van der Waals surface area contributed by atoms with Gasteiger partial charge >= 0.3 is 0 Å². The molecule has 0 spiro atoms. The number of benzene rings is 1. The van der Waals surface area contributed by atoms with E-state index in [4.69, 9.17) is 0 Å². The molecule has 3 aromatic rings. The van der Waals surface area contributed by atoms with Crippen LogP contribution in [-0.2, 0) is 7.05 Å². The van der Waals surface area contributed by atoms with E-state index in [0.717, 1.165) is 23.2 Å². The van der Waals surface area contributed by atoms with Gasteiger partial charge in [-0.25, -0.2) is 4.68 Å². The highest BCUT2D eigenvalue weighted by Gasteiger charge is 2.25. The Morgan fingerprint density at radius 1 is 1.00 bits per heavy atom. The van der Waals surface area contributed by atoms with Crippen LogP contribution in [0.2, 0.25) is 0 Å². The van der Waals surface area contributed by atoms with E-state index in [-0.39, 0.29) is 11.3 Å². The Morgan fingerprint density at radius 3 is 2.31 bits per heavy atom. The maximum atomic E-state index is 11.9. The number of phenolic OH excluding ortho intramolecular Hbond substituents is 1. The minimum atomic E-state index is -0.200. The molecule has 1 unspecified atom stereocenters. The zero-order valence-corrected chi connectivity index (χ0v) is 19.2. The van der Waals surface area contributed by atoms with E-state index < -0.39 is 0 Å². The summed E-state index contributed by atoms with van der Waals surface area (Å²) in [5, 5.41) is 23.5. The fraction of sp³-hybridized carbons (Fsp3) is 0.440. The van der Waals surface area contributed by atoms with Crippen molar-refractivity contribution in [3.63, 3.8) is 0 Å². The van der Waals surface area contributed by atoms with Crippen molar-refractivity contribution in [2.24, 2.45) is 18.9 Å². The SMILES string of the molecule is C[C@@H]1CC[C@H](C)CC(N(C)c2ccc(-c3ccc(-c4cnn(C)c(=O)c4)cc3O)nn2)C1. The summed E-state index contributed by atoms with van der Waals surface area (Å²) in [6.45, 7) is 4.67. The smallest absolute Gasteiger partial charge is 0.267 e. The summed E-state index contributed by atoms with van der Waals surface area (Å²) in [6.07, 6.45) is 6.53. The normalized spacial score (nSPS) is 21.2. The Morgan fingerprint density at radius 2 is 1.72 bits per heavy atom. The summed E-state index contributed by atoms with van der Waals surface area (Å²) >= 11 is 0. The van der Waals surface area contributed by atoms with Crippen LogP contribution in [0.1, 0.15) is 39.5 Å². The molecule has 0 bridgehead atoms. The quantitative estimate of drug-likeness (QED) is 0.619. The highest BCUT2D eigenvalue weighted by atomic mass is 16.3. The van der Waals surface area contributed by atoms with Gasteiger partial charge in [0.1, 0.15) is 5.75 Å². The minimum Gasteiger partial charge on any atom is -0.507 e. The number of phenols is 1. The van der Waals surface area contributed by atoms with E-state index in [2.05, 4.69) is 41.1 Å². The molecule has 7 nitrogen and oxygen atoms in total. The Hall–Kier alpha value is -3.22. The van der Waals surface area contributed by atoms with E-state index in [1.165, 1.54) is 36.4 Å². The zero-order chi connectivity index (χ0) is 22.8. The molecule has 168 valence electrons. The maximum Gasteiger partial charge on any atom is 0.267 e. The third-order valence-corrected chi connectivity index (χ3v) is 6.64. The van der Waals surface area contributed by atoms with Crippen molar-refractivity contribution in [3.8, 4) is 28.1 Å². The van der Waals surface area contributed by atoms with Crippen molar-refractivity contribution in [1.29, 1.82) is 0 Å². The summed E-state index contributed by atoms with van der Waals surface area (Å²) in [6, 6.07) is 11.1. The van der Waals surface area contributed by atoms with Crippen molar-refractivity contribution in [2.45, 2.75) is 45.6 Å². The molecular formula is C25H31N5O2. The summed E-state index contributed by atoms with van der Waals surface area (Å²) in [5.74, 6) is 2.37. The molecule has 0 saturated heterocycles. The zero-order valence-electron chi connectivity index (χ0n) is 19.2. The largest absolute Gasteiger partial charge is 0.507 e. The molecule has 4 rings (SSSR count). The van der Waals surface area contributed by atoms with Crippen LogP contribution in [-0.4, -0.2) is 38.2 Å². The van der Waals surface area contributed by atoms with E-state index in [1.807, 2.05) is 18.2 Å². The van der Waals surface area contributed by atoms with Crippen LogP contribution in [0.5, 0.6) is 5.75 Å². The Balaban J connectivity index is 1.54. The minimum absolute atomic E-state index is 0.0880. The van der Waals surface area contributed by atoms with Gasteiger partial charge in [0.15, 0.2) is 5.82 Å². The molecule has 1 N–H and O–H groups in total. The average Bonchev–Trinajstić information content (AvgIpc) is 2.95. The third kappa shape index (κ3) is 4.66. The number of nitrogens with zero attached hydrogens (tertiary/aromatic N) is 5. The number of hydrogen-bond acceptors (Lipinski definition) is 6. The number of hydrogen-bond donors (Lipinski definition) is 1. The molecule has 0 amide bonds. The van der Waals surface area contributed by atoms with Crippen LogP contribution in [0.25, 0.3) is 22.4 Å². The molecule has 7 heteroatoms. The Kier molecular flexibility index (Phi) is 6.26. The molecule has 3 atom stereocenters. The molecular weight excluding hydrogens is 402 g/mol. The molecule has 32 heavy (non-hydrogen) atoms. The fourth-order valence-electron chi connectivity index (χ4n) is 4.55. The number of aromatic hydroxyl groups is 1. The summed E-state index contributed by atoms with van der Waals surface area (Å²) in [4.78, 5) is 14.1. The molecule has 1 aliphatic carbocycles. The first kappa shape index (κ1) is 22.0. The first-order valence-electron chi connectivity index (χ1n) is 11.3. The predicted molar refractivity (Wildman–Crippen MR) is 127 cm³/mol. The molecule has 0 aliphatic heterocycles. The molecule has 1 aliphatic rings. The number of aryl methyl sites for hydroxylation is 1. The van der Waals surface area contributed by atoms with Crippen molar-refractivity contribution >= 4 is 5.82 Å². The lowest BCUT2D eigenvalue weighted by molar-refractivity contribution is 0.446. The first-order valence-corrected chi connectivity index (χ1v) is 11.3. The lowest BCUT2D eigenvalue weighted by Gasteiger charge is -2.30. The van der Waals surface area contributed by atoms with Crippen molar-refractivity contribution in [3.05, 3.63) is 52.9 Å². The summed E-state index contributed by atoms with van der Waals surface area (Å²) in [7, 11) is 3.70. The number of aromatic nitrogens is 4. The van der Waals surface area contributed by atoms with Crippen LogP contribution in [0, 0.1) is 11.8 Å². The second kappa shape index (κ2) is 9.10. The number of anilines is 1. The van der Waals surface area contributed by atoms with E-state index in [9.17, 15) is 9.90 Å². The van der Waals surface area contributed by atoms with Gasteiger partial charge in [0.2, 0.25) is 0 Å². The monoisotopic (exact) mass is 433 g/mol. The van der Waals surface area contributed by atoms with E-state index in [0.29, 0.717) is 22.9 Å². The lowest BCUT2D eigenvalue weighted by atomic mass is 9.98. The highest BCUT2D eigenvalue weighted by Crippen LogP contribution is 2.34. The van der Waals surface area contributed by atoms with Gasteiger partial charge in [-0.15, -0.1) is 10.2 Å². The topological polar surface area (TPSA) is 84.1 Å². The fourth-order valence-corrected chi connectivity index (χ4v) is 4.55. The van der Waals surface area contributed by atoms with Crippen LogP contribution in [0.4, 0.5) is 5.82 Å². The van der Waals surface area contributed by atoms with Gasteiger partial charge in [-0.3, -0.25) is 4.79 Å². The summed E-state index contributed by atoms with van der Waals surface area (Å²) < 4.78 is 1.27. The molecule has 2 aromatic heterocycles. The van der Waals surface area contributed by atoms with E-state index in [1.54, 1.807) is 25.4 Å². The van der Waals surface area contributed by atoms with Crippen molar-refractivity contribution in [2.75, 3.05) is 11.9 Å². The standard InChI is InChI=1S/C25H31N5O2/c1-16-5-6-17(2)12-20(11-16)29(3)24-10-9-22(27-28-24)21-8-7-18(13-23(21)31)19-14-25(32)30(4)26-15-19/h7-10,13-17,20,31H,5-6,11-12H2,1-4H3/t16-,17+,20?. The van der Waals surface area contributed by atoms with Crippen molar-refractivity contribution < 1.29 is 5.11 Å². The second-order valence-corrected chi connectivity index (χ2v) is 9.24. The van der Waals surface area contributed by atoms with Gasteiger partial charge in [0.25, 0.3) is 5.56 Å². The molecule has 2 heterocycles. The van der Waals surface area contributed by atoms with Crippen molar-refractivity contribution in [1.82, 2.24) is 20.0 Å². The van der Waals surface area contributed by atoms with Crippen LogP contribution < -0.4 is 10.5 Å². The number of rotatable bonds is 4. The molecule has 1 aromatic carbocycles. The molecule has 0 radical (unpaired) electrons. The van der Waals surface area contributed by atoms with Gasteiger partial charge in [-0.05, 0) is 54.5 Å². The lowest BCUT2D eigenvalue weighted by Crippen LogP contribution is -2.34. The first-order chi connectivity index (χ1) is 15.3. The van der Waals surface area contributed by atoms with Crippen LogP contribution in [0.3, 0.4) is 0 Å². The second-order valence-electron chi connectivity index (χ2n) is 9.24. The van der Waals surface area contributed by atoms with Gasteiger partial charge in [-0.1, -0.05) is 32.8 Å². The van der Waals surface area contributed by atoms with Gasteiger partial charge in [0.05, 0.1) is 11.9 Å². The molecule has 1 saturated carbocycles. The van der Waals surface area contributed by atoms with Crippen LogP contribution in [0.15, 0.2) is 47.4 Å². The maximum absolute atomic E-state index is 11.9. The van der Waals surface area contributed by atoms with Gasteiger partial charge < -0.3 is 10.0 Å². The van der Waals surface area contributed by atoms with Crippen LogP contribution >= 0.6 is 0 Å².